The highest BCUT2D eigenvalue weighted by atomic mass is 16.4. The van der Waals surface area contributed by atoms with Gasteiger partial charge in [0, 0.05) is 32.0 Å². The number of benzene rings is 1. The molecule has 1 heterocycles. The van der Waals surface area contributed by atoms with Crippen LogP contribution in [0.3, 0.4) is 0 Å². The van der Waals surface area contributed by atoms with Crippen molar-refractivity contribution in [2.45, 2.75) is 45.7 Å². The number of carbonyl (C=O) groups excluding carboxylic acids is 1. The van der Waals surface area contributed by atoms with E-state index in [1.54, 1.807) is 13.2 Å². The van der Waals surface area contributed by atoms with E-state index in [4.69, 9.17) is 4.42 Å². The number of aliphatic imine (C=N–C) groups is 1. The summed E-state index contributed by atoms with van der Waals surface area (Å²) >= 11 is 0. The van der Waals surface area contributed by atoms with Gasteiger partial charge in [0.05, 0.1) is 12.7 Å². The van der Waals surface area contributed by atoms with E-state index in [0.29, 0.717) is 37.9 Å². The lowest BCUT2D eigenvalue weighted by Crippen LogP contribution is -2.39. The molecule has 7 nitrogen and oxygen atoms in total. The van der Waals surface area contributed by atoms with Crippen LogP contribution in [0, 0.1) is 0 Å². The van der Waals surface area contributed by atoms with Crippen molar-refractivity contribution < 1.29 is 9.21 Å². The maximum atomic E-state index is 11.9. The average molecular weight is 371 g/mol. The first kappa shape index (κ1) is 20.5. The number of nitrogens with one attached hydrogen (secondary N) is 3. The molecule has 0 atom stereocenters. The van der Waals surface area contributed by atoms with Crippen LogP contribution in [0.25, 0.3) is 0 Å². The molecule has 27 heavy (non-hydrogen) atoms. The Kier molecular flexibility index (Phi) is 7.40. The molecule has 1 aromatic heterocycles. The van der Waals surface area contributed by atoms with E-state index >= 15 is 0 Å². The van der Waals surface area contributed by atoms with Crippen molar-refractivity contribution in [1.82, 2.24) is 20.9 Å². The Morgan fingerprint density at radius 1 is 1.11 bits per heavy atom. The molecule has 0 saturated heterocycles. The van der Waals surface area contributed by atoms with Gasteiger partial charge < -0.3 is 20.4 Å². The molecule has 0 spiro atoms. The van der Waals surface area contributed by atoms with Crippen molar-refractivity contribution in [3.63, 3.8) is 0 Å². The summed E-state index contributed by atoms with van der Waals surface area (Å²) in [6, 6.07) is 9.83. The minimum atomic E-state index is -0.0711. The van der Waals surface area contributed by atoms with Gasteiger partial charge in [-0.25, -0.2) is 4.98 Å². The van der Waals surface area contributed by atoms with Crippen molar-refractivity contribution in [3.8, 4) is 0 Å². The molecular formula is C20H29N5O2. The Balaban J connectivity index is 1.68. The van der Waals surface area contributed by atoms with Crippen LogP contribution in [0.2, 0.25) is 0 Å². The highest BCUT2D eigenvalue weighted by molar-refractivity contribution is 5.81. The van der Waals surface area contributed by atoms with Gasteiger partial charge in [-0.3, -0.25) is 9.79 Å². The van der Waals surface area contributed by atoms with E-state index in [1.807, 2.05) is 30.3 Å². The monoisotopic (exact) mass is 371 g/mol. The fraction of sp³-hybridized carbons (Fsp3) is 0.450. The first-order valence-electron chi connectivity index (χ1n) is 9.09. The molecule has 3 N–H and O–H groups in total. The average Bonchev–Trinajstić information content (AvgIpc) is 3.13. The minimum Gasteiger partial charge on any atom is -0.443 e. The number of rotatable bonds is 7. The summed E-state index contributed by atoms with van der Waals surface area (Å²) in [5, 5.41) is 9.15. The van der Waals surface area contributed by atoms with Gasteiger partial charge in [-0.1, -0.05) is 51.1 Å². The Morgan fingerprint density at radius 3 is 2.48 bits per heavy atom. The standard InChI is InChI=1S/C20H29N5O2/c1-20(2,3)16-13-24-18(27-16)14-25-19(21-4)22-11-10-17(26)23-12-15-8-6-5-7-9-15/h5-9,13H,10-12,14H2,1-4H3,(H,23,26)(H2,21,22,25). The van der Waals surface area contributed by atoms with Crippen LogP contribution < -0.4 is 16.0 Å². The third kappa shape index (κ3) is 7.13. The lowest BCUT2D eigenvalue weighted by atomic mass is 9.94. The van der Waals surface area contributed by atoms with Crippen molar-refractivity contribution in [1.29, 1.82) is 0 Å². The molecule has 0 unspecified atom stereocenters. The van der Waals surface area contributed by atoms with Gasteiger partial charge in [-0.05, 0) is 5.56 Å². The fourth-order valence-electron chi connectivity index (χ4n) is 2.30. The number of nitrogens with zero attached hydrogens (tertiary/aromatic N) is 2. The molecule has 7 heteroatoms. The van der Waals surface area contributed by atoms with Crippen molar-refractivity contribution in [2.75, 3.05) is 13.6 Å². The second-order valence-electron chi connectivity index (χ2n) is 7.23. The lowest BCUT2D eigenvalue weighted by Gasteiger charge is -2.13. The fourth-order valence-corrected chi connectivity index (χ4v) is 2.30. The highest BCUT2D eigenvalue weighted by Gasteiger charge is 2.19. The van der Waals surface area contributed by atoms with E-state index in [-0.39, 0.29) is 11.3 Å². The van der Waals surface area contributed by atoms with Crippen LogP contribution in [-0.4, -0.2) is 30.4 Å². The van der Waals surface area contributed by atoms with Gasteiger partial charge in [-0.2, -0.15) is 0 Å². The largest absolute Gasteiger partial charge is 0.443 e. The Hall–Kier alpha value is -2.83. The normalized spacial score (nSPS) is 11.9. The molecular weight excluding hydrogens is 342 g/mol. The van der Waals surface area contributed by atoms with Crippen LogP contribution >= 0.6 is 0 Å². The summed E-state index contributed by atoms with van der Waals surface area (Å²) in [4.78, 5) is 20.3. The van der Waals surface area contributed by atoms with Gasteiger partial charge in [0.15, 0.2) is 5.96 Å². The van der Waals surface area contributed by atoms with E-state index < -0.39 is 0 Å². The first-order valence-corrected chi connectivity index (χ1v) is 9.09. The SMILES string of the molecule is CN=C(NCCC(=O)NCc1ccccc1)NCc1ncc(C(C)(C)C)o1. The summed E-state index contributed by atoms with van der Waals surface area (Å²) in [6.07, 6.45) is 2.12. The number of aromatic nitrogens is 1. The van der Waals surface area contributed by atoms with Crippen LogP contribution in [-0.2, 0) is 23.3 Å². The van der Waals surface area contributed by atoms with E-state index in [2.05, 4.69) is 46.7 Å². The third-order valence-corrected chi connectivity index (χ3v) is 3.90. The van der Waals surface area contributed by atoms with Gasteiger partial charge >= 0.3 is 0 Å². The van der Waals surface area contributed by atoms with Gasteiger partial charge in [0.25, 0.3) is 0 Å². The molecule has 1 amide bonds. The van der Waals surface area contributed by atoms with Crippen molar-refractivity contribution in [3.05, 3.63) is 53.7 Å². The summed E-state index contributed by atoms with van der Waals surface area (Å²) in [7, 11) is 1.68. The van der Waals surface area contributed by atoms with E-state index in [0.717, 1.165) is 11.3 Å². The predicted octanol–water partition coefficient (Wildman–Crippen LogP) is 2.34. The van der Waals surface area contributed by atoms with E-state index in [1.165, 1.54) is 0 Å². The second kappa shape index (κ2) is 9.75. The zero-order valence-corrected chi connectivity index (χ0v) is 16.5. The molecule has 0 aliphatic rings. The van der Waals surface area contributed by atoms with Crippen LogP contribution in [0.1, 0.15) is 44.4 Å². The zero-order chi connectivity index (χ0) is 19.7. The Morgan fingerprint density at radius 2 is 1.85 bits per heavy atom. The molecule has 2 aromatic rings. The summed E-state index contributed by atoms with van der Waals surface area (Å²) in [6.45, 7) is 7.68. The lowest BCUT2D eigenvalue weighted by molar-refractivity contribution is -0.121. The van der Waals surface area contributed by atoms with Crippen LogP contribution in [0.15, 0.2) is 45.9 Å². The summed E-state index contributed by atoms with van der Waals surface area (Å²) < 4.78 is 5.74. The van der Waals surface area contributed by atoms with Crippen LogP contribution in [0.5, 0.6) is 0 Å². The first-order chi connectivity index (χ1) is 12.9. The second-order valence-corrected chi connectivity index (χ2v) is 7.23. The summed E-state index contributed by atoms with van der Waals surface area (Å²) in [5.41, 5.74) is 1.01. The number of amides is 1. The van der Waals surface area contributed by atoms with Gasteiger partial charge in [0.2, 0.25) is 11.8 Å². The third-order valence-electron chi connectivity index (χ3n) is 3.90. The maximum Gasteiger partial charge on any atom is 0.222 e. The molecule has 0 radical (unpaired) electrons. The highest BCUT2D eigenvalue weighted by Crippen LogP contribution is 2.22. The maximum absolute atomic E-state index is 11.9. The zero-order valence-electron chi connectivity index (χ0n) is 16.5. The van der Waals surface area contributed by atoms with Crippen molar-refractivity contribution in [2.24, 2.45) is 4.99 Å². The van der Waals surface area contributed by atoms with Gasteiger partial charge in [0.1, 0.15) is 5.76 Å². The predicted molar refractivity (Wildman–Crippen MR) is 106 cm³/mol. The van der Waals surface area contributed by atoms with Crippen molar-refractivity contribution >= 4 is 11.9 Å². The quantitative estimate of drug-likeness (QED) is 0.513. The Bertz CT molecular complexity index is 747. The molecule has 0 aliphatic carbocycles. The smallest absolute Gasteiger partial charge is 0.222 e. The van der Waals surface area contributed by atoms with Gasteiger partial charge in [-0.15, -0.1) is 0 Å². The molecule has 0 aliphatic heterocycles. The molecule has 0 bridgehead atoms. The van der Waals surface area contributed by atoms with E-state index in [9.17, 15) is 4.79 Å². The Labute approximate surface area is 160 Å². The number of hydrogen-bond donors (Lipinski definition) is 3. The number of carbonyl (C=O) groups is 1. The number of oxazole rings is 1. The molecule has 1 aromatic carbocycles. The summed E-state index contributed by atoms with van der Waals surface area (Å²) in [5.74, 6) is 2.03. The topological polar surface area (TPSA) is 91.5 Å². The van der Waals surface area contributed by atoms with Crippen LogP contribution in [0.4, 0.5) is 0 Å². The molecule has 0 saturated carbocycles. The minimum absolute atomic E-state index is 0.00988. The molecule has 0 fully saturated rings. The number of guanidine groups is 1. The molecule has 146 valence electrons. The molecule has 2 rings (SSSR count). The number of hydrogen-bond acceptors (Lipinski definition) is 4.